The van der Waals surface area contributed by atoms with Crippen LogP contribution in [0.1, 0.15) is 6.92 Å². The molecule has 0 spiro atoms. The normalized spacial score (nSPS) is 18.2. The number of rotatable bonds is 0. The first-order valence-electron chi connectivity index (χ1n) is 3.58. The summed E-state index contributed by atoms with van der Waals surface area (Å²) in [5.41, 5.74) is -3.76. The molecule has 1 aliphatic rings. The van der Waals surface area contributed by atoms with Crippen LogP contribution < -0.4 is 4.99 Å². The van der Waals surface area contributed by atoms with Crippen molar-refractivity contribution in [2.45, 2.75) is 19.3 Å². The van der Waals surface area contributed by atoms with E-state index < -0.39 is 29.2 Å². The second kappa shape index (κ2) is 3.39. The molecular formula is C8H3F6N+. The molecule has 3 radical (unpaired) electrons. The Morgan fingerprint density at radius 1 is 1.00 bits per heavy atom. The van der Waals surface area contributed by atoms with E-state index in [1.165, 1.54) is 12.3 Å². The first-order valence-corrected chi connectivity index (χ1v) is 3.58. The number of allylic oxidation sites excluding steroid dienone is 4. The van der Waals surface area contributed by atoms with Gasteiger partial charge in [-0.3, -0.25) is 0 Å². The van der Waals surface area contributed by atoms with E-state index in [1.54, 1.807) is 0 Å². The molecule has 0 unspecified atom stereocenters. The Morgan fingerprint density at radius 3 is 1.93 bits per heavy atom. The maximum Gasteiger partial charge on any atom is 0.423 e. The van der Waals surface area contributed by atoms with Gasteiger partial charge in [0.05, 0.1) is 4.99 Å². The highest BCUT2D eigenvalue weighted by Gasteiger charge is 2.46. The van der Waals surface area contributed by atoms with Gasteiger partial charge < -0.3 is 0 Å². The van der Waals surface area contributed by atoms with Crippen molar-refractivity contribution in [3.8, 4) is 0 Å². The number of hydrogen-bond donors (Lipinski definition) is 0. The first-order chi connectivity index (χ1) is 6.62. The number of nitrogens with zero attached hydrogens (tertiary/aromatic N) is 1. The average molecular weight is 227 g/mol. The van der Waals surface area contributed by atoms with Crippen molar-refractivity contribution in [3.63, 3.8) is 0 Å². The van der Waals surface area contributed by atoms with E-state index in [0.29, 0.717) is 0 Å². The fraction of sp³-hybridized carbons (Fsp3) is 0.375. The van der Waals surface area contributed by atoms with Gasteiger partial charge >= 0.3 is 18.6 Å². The van der Waals surface area contributed by atoms with E-state index >= 15 is 0 Å². The molecule has 0 aliphatic carbocycles. The van der Waals surface area contributed by atoms with Crippen LogP contribution in [0.2, 0.25) is 0 Å². The summed E-state index contributed by atoms with van der Waals surface area (Å²) in [7, 11) is 0. The van der Waals surface area contributed by atoms with Crippen LogP contribution in [0.3, 0.4) is 0 Å². The van der Waals surface area contributed by atoms with Gasteiger partial charge in [0.1, 0.15) is 5.57 Å². The number of hydrogen-bond acceptors (Lipinski definition) is 1. The molecule has 81 valence electrons. The summed E-state index contributed by atoms with van der Waals surface area (Å²) >= 11 is 0. The predicted octanol–water partition coefficient (Wildman–Crippen LogP) is 2.41. The summed E-state index contributed by atoms with van der Waals surface area (Å²) in [6, 6.07) is 0. The number of alkyl halides is 6. The zero-order valence-corrected chi connectivity index (χ0v) is 7.22. The van der Waals surface area contributed by atoms with Gasteiger partial charge in [0.25, 0.3) is 5.70 Å². The molecule has 1 nitrogen and oxygen atoms in total. The minimum Gasteiger partial charge on any atom is -0.166 e. The average Bonchev–Trinajstić information content (AvgIpc) is 2.00. The molecular weight excluding hydrogens is 224 g/mol. The molecule has 0 aromatic heterocycles. The summed E-state index contributed by atoms with van der Waals surface area (Å²) < 4.78 is 72.5. The van der Waals surface area contributed by atoms with Gasteiger partial charge in [-0.15, -0.1) is 0 Å². The Morgan fingerprint density at radius 2 is 1.53 bits per heavy atom. The van der Waals surface area contributed by atoms with Crippen molar-refractivity contribution in [3.05, 3.63) is 22.9 Å². The molecule has 15 heavy (non-hydrogen) atoms. The van der Waals surface area contributed by atoms with Crippen LogP contribution in [0, 0.1) is 6.08 Å². The standard InChI is InChI=1S/C8H3F6N/c1-4-6(8(12,13)14)2-5(3-15-4)7(9,10)11/h1H3/q+1. The molecule has 0 N–H and O–H groups in total. The van der Waals surface area contributed by atoms with Crippen molar-refractivity contribution >= 4 is 6.21 Å². The molecule has 1 aliphatic heterocycles. The second-order valence-corrected chi connectivity index (χ2v) is 2.68. The molecule has 0 amide bonds. The van der Waals surface area contributed by atoms with Gasteiger partial charge in [-0.2, -0.15) is 26.3 Å². The van der Waals surface area contributed by atoms with Gasteiger partial charge in [0, 0.05) is 13.0 Å². The summed E-state index contributed by atoms with van der Waals surface area (Å²) in [6.45, 7) is 0.940. The van der Waals surface area contributed by atoms with E-state index in [-0.39, 0.29) is 0 Å². The van der Waals surface area contributed by atoms with Gasteiger partial charge in [-0.1, -0.05) is 0 Å². The third-order valence-corrected chi connectivity index (χ3v) is 1.51. The molecule has 0 aromatic rings. The van der Waals surface area contributed by atoms with Crippen molar-refractivity contribution in [1.82, 2.24) is 4.99 Å². The van der Waals surface area contributed by atoms with Crippen LogP contribution >= 0.6 is 0 Å². The molecule has 0 bridgehead atoms. The van der Waals surface area contributed by atoms with E-state index in [1.807, 2.05) is 0 Å². The molecule has 1 heterocycles. The fourth-order valence-electron chi connectivity index (χ4n) is 0.849. The lowest BCUT2D eigenvalue weighted by Gasteiger charge is -2.09. The summed E-state index contributed by atoms with van der Waals surface area (Å²) in [6.07, 6.45) is -7.14. The Labute approximate surface area is 80.8 Å². The summed E-state index contributed by atoms with van der Waals surface area (Å²) in [5, 5.41) is 0. The van der Waals surface area contributed by atoms with Crippen LogP contribution in [0.4, 0.5) is 26.3 Å². The highest BCUT2D eigenvalue weighted by Crippen LogP contribution is 2.33. The van der Waals surface area contributed by atoms with Crippen LogP contribution in [-0.4, -0.2) is 18.6 Å². The maximum atomic E-state index is 12.2. The quantitative estimate of drug-likeness (QED) is 0.564. The van der Waals surface area contributed by atoms with Crippen LogP contribution in [-0.2, 0) is 0 Å². The largest absolute Gasteiger partial charge is 0.423 e. The Bertz CT molecular complexity index is 354. The SMILES string of the molecule is CC1=C(C(F)(F)F)[C]=C(C(F)(F)F)[C]=[N+]1. The van der Waals surface area contributed by atoms with E-state index in [9.17, 15) is 26.3 Å². The number of aliphatic imine (C=N–C) groups is 1. The number of halogens is 6. The monoisotopic (exact) mass is 227 g/mol. The minimum absolute atomic E-state index is 0.588. The molecule has 1 rings (SSSR count). The zero-order valence-electron chi connectivity index (χ0n) is 7.22. The summed E-state index contributed by atoms with van der Waals surface area (Å²) in [5.74, 6) is 0. The topological polar surface area (TPSA) is 14.1 Å². The minimum atomic E-state index is -4.93. The van der Waals surface area contributed by atoms with E-state index in [0.717, 1.165) is 6.92 Å². The van der Waals surface area contributed by atoms with Crippen molar-refractivity contribution in [2.75, 3.05) is 0 Å². The third-order valence-electron chi connectivity index (χ3n) is 1.51. The highest BCUT2D eigenvalue weighted by molar-refractivity contribution is 5.81. The lowest BCUT2D eigenvalue weighted by molar-refractivity contribution is -0.0944. The lowest BCUT2D eigenvalue weighted by atomic mass is 10.1. The summed E-state index contributed by atoms with van der Waals surface area (Å²) in [4.78, 5) is 2.92. The van der Waals surface area contributed by atoms with Gasteiger partial charge in [0.2, 0.25) is 0 Å². The van der Waals surface area contributed by atoms with Crippen LogP contribution in [0.15, 0.2) is 16.8 Å². The Kier molecular flexibility index (Phi) is 2.67. The molecule has 0 atom stereocenters. The zero-order chi connectivity index (χ0) is 11.9. The smallest absolute Gasteiger partial charge is 0.166 e. The van der Waals surface area contributed by atoms with E-state index in [4.69, 9.17) is 0 Å². The van der Waals surface area contributed by atoms with Crippen molar-refractivity contribution < 1.29 is 26.3 Å². The van der Waals surface area contributed by atoms with Crippen molar-refractivity contribution in [1.29, 1.82) is 0 Å². The van der Waals surface area contributed by atoms with Gasteiger partial charge in [0.15, 0.2) is 5.57 Å². The molecule has 0 saturated carbocycles. The fourth-order valence-corrected chi connectivity index (χ4v) is 0.849. The van der Waals surface area contributed by atoms with Gasteiger partial charge in [-0.05, 0) is 0 Å². The third kappa shape index (κ3) is 2.60. The molecule has 0 saturated heterocycles. The van der Waals surface area contributed by atoms with Gasteiger partial charge in [-0.25, -0.2) is 0 Å². The second-order valence-electron chi connectivity index (χ2n) is 2.68. The lowest BCUT2D eigenvalue weighted by Crippen LogP contribution is -2.23. The van der Waals surface area contributed by atoms with E-state index in [2.05, 4.69) is 4.99 Å². The first kappa shape index (κ1) is 11.8. The Hall–Kier alpha value is -1.27. The van der Waals surface area contributed by atoms with Crippen LogP contribution in [0.5, 0.6) is 0 Å². The highest BCUT2D eigenvalue weighted by atomic mass is 19.4. The van der Waals surface area contributed by atoms with Crippen molar-refractivity contribution in [2.24, 2.45) is 0 Å². The van der Waals surface area contributed by atoms with Crippen LogP contribution in [0.25, 0.3) is 0 Å². The molecule has 0 aromatic carbocycles. The Balaban J connectivity index is 3.20. The maximum absolute atomic E-state index is 12.2. The molecule has 0 fully saturated rings. The molecule has 7 heteroatoms. The predicted molar refractivity (Wildman–Crippen MR) is 38.7 cm³/mol.